The first-order chi connectivity index (χ1) is 16.6. The van der Waals surface area contributed by atoms with E-state index in [1.54, 1.807) is 0 Å². The SMILES string of the molecule is Cc1cc(S(F)(F)(F)(F)F)cc2c1O[C@H](C(F)(F)F)C(C(=O)OC(C)OC(=O)OCCCO[N+](=O)[O-])=C2. The second-order valence-corrected chi connectivity index (χ2v) is 9.78. The van der Waals surface area contributed by atoms with Crippen LogP contribution in [0.5, 0.6) is 5.75 Å². The molecular weight excluding hydrogens is 558 g/mol. The van der Waals surface area contributed by atoms with Gasteiger partial charge in [-0.25, -0.2) is 9.59 Å². The molecule has 37 heavy (non-hydrogen) atoms. The van der Waals surface area contributed by atoms with Gasteiger partial charge in [-0.3, -0.25) is 0 Å². The fourth-order valence-corrected chi connectivity index (χ4v) is 3.61. The van der Waals surface area contributed by atoms with Gasteiger partial charge in [0, 0.05) is 18.9 Å². The Morgan fingerprint density at radius 2 is 1.76 bits per heavy atom. The number of esters is 1. The lowest BCUT2D eigenvalue weighted by Crippen LogP contribution is -2.41. The molecule has 2 rings (SSSR count). The maximum atomic E-state index is 13.5. The molecule has 1 aromatic rings. The normalized spacial score (nSPS) is 18.1. The highest BCUT2D eigenvalue weighted by Crippen LogP contribution is 3.02. The molecule has 0 saturated carbocycles. The van der Waals surface area contributed by atoms with Crippen molar-refractivity contribution in [3.05, 3.63) is 38.9 Å². The van der Waals surface area contributed by atoms with Crippen molar-refractivity contribution in [3.8, 4) is 5.75 Å². The number of fused-ring (bicyclic) bond motifs is 1. The maximum Gasteiger partial charge on any atom is 0.511 e. The van der Waals surface area contributed by atoms with Crippen molar-refractivity contribution in [3.63, 3.8) is 0 Å². The standard InChI is InChI=1S/C18H17F8NO9S/c1-9-6-12(37(22,23,24,25)26)7-11-8-13(15(18(19,20)21)36-14(9)11)16(28)34-10(2)35-17(29)32-4-3-5-33-27(30)31/h6-8,10,15H,3-5H2,1-2H3/t10?,15-/m0/s1. The van der Waals surface area contributed by atoms with E-state index >= 15 is 0 Å². The van der Waals surface area contributed by atoms with Gasteiger partial charge in [0.2, 0.25) is 12.4 Å². The summed E-state index contributed by atoms with van der Waals surface area (Å²) in [6.07, 6.45) is -11.7. The van der Waals surface area contributed by atoms with Crippen LogP contribution in [0.25, 0.3) is 6.08 Å². The highest BCUT2D eigenvalue weighted by atomic mass is 32.5. The van der Waals surface area contributed by atoms with Crippen LogP contribution in [0, 0.1) is 17.0 Å². The van der Waals surface area contributed by atoms with Crippen LogP contribution in [0.2, 0.25) is 0 Å². The minimum atomic E-state index is -10.3. The van der Waals surface area contributed by atoms with Crippen molar-refractivity contribution in [2.24, 2.45) is 0 Å². The molecule has 10 nitrogen and oxygen atoms in total. The largest absolute Gasteiger partial charge is 0.511 e. The summed E-state index contributed by atoms with van der Waals surface area (Å²) in [7, 11) is -10.3. The Morgan fingerprint density at radius 3 is 2.30 bits per heavy atom. The number of carbonyl (C=O) groups excluding carboxylic acids is 2. The number of aryl methyl sites for hydroxylation is 1. The van der Waals surface area contributed by atoms with Gasteiger partial charge in [-0.05, 0) is 30.7 Å². The number of hydrogen-bond acceptors (Lipinski definition) is 9. The van der Waals surface area contributed by atoms with Gasteiger partial charge < -0.3 is 23.8 Å². The molecule has 0 amide bonds. The van der Waals surface area contributed by atoms with Crippen LogP contribution < -0.4 is 4.74 Å². The van der Waals surface area contributed by atoms with E-state index in [0.717, 1.165) is 13.8 Å². The van der Waals surface area contributed by atoms with Crippen LogP contribution in [-0.4, -0.2) is 49.0 Å². The quantitative estimate of drug-likeness (QED) is 0.0871. The summed E-state index contributed by atoms with van der Waals surface area (Å²) in [5.74, 6) is -2.68. The van der Waals surface area contributed by atoms with Crippen LogP contribution >= 0.6 is 10.2 Å². The van der Waals surface area contributed by atoms with Crippen molar-refractivity contribution in [1.82, 2.24) is 0 Å². The zero-order valence-electron chi connectivity index (χ0n) is 18.6. The number of alkyl halides is 3. The Hall–Kier alpha value is -3.51. The molecule has 1 unspecified atom stereocenters. The molecule has 0 radical (unpaired) electrons. The molecule has 210 valence electrons. The summed E-state index contributed by atoms with van der Waals surface area (Å²) in [5.41, 5.74) is -3.03. The number of hydrogen-bond donors (Lipinski definition) is 0. The summed E-state index contributed by atoms with van der Waals surface area (Å²) in [6, 6.07) is -0.236. The summed E-state index contributed by atoms with van der Waals surface area (Å²) >= 11 is 0. The average Bonchev–Trinajstić information content (AvgIpc) is 2.69. The molecule has 1 aliphatic rings. The van der Waals surface area contributed by atoms with Crippen LogP contribution in [0.3, 0.4) is 0 Å². The minimum absolute atomic E-state index is 0.0734. The predicted octanol–water partition coefficient (Wildman–Crippen LogP) is 6.00. The summed E-state index contributed by atoms with van der Waals surface area (Å²) < 4.78 is 125. The van der Waals surface area contributed by atoms with Crippen molar-refractivity contribution < 1.29 is 71.1 Å². The third-order valence-electron chi connectivity index (χ3n) is 4.32. The summed E-state index contributed by atoms with van der Waals surface area (Å²) in [4.78, 5) is 35.4. The van der Waals surface area contributed by atoms with E-state index in [1.165, 1.54) is 0 Å². The zero-order valence-corrected chi connectivity index (χ0v) is 19.4. The van der Waals surface area contributed by atoms with Crippen LogP contribution in [0.4, 0.5) is 37.4 Å². The Labute approximate surface area is 201 Å². The topological polar surface area (TPSA) is 123 Å². The number of halogens is 8. The summed E-state index contributed by atoms with van der Waals surface area (Å²) in [6.45, 7) is 0.781. The highest BCUT2D eigenvalue weighted by molar-refractivity contribution is 8.45. The number of nitrogens with zero attached hydrogens (tertiary/aromatic N) is 1. The van der Waals surface area contributed by atoms with Crippen LogP contribution in [-0.2, 0) is 23.8 Å². The average molecular weight is 575 g/mol. The molecule has 0 aromatic heterocycles. The third-order valence-corrected chi connectivity index (χ3v) is 5.45. The summed E-state index contributed by atoms with van der Waals surface area (Å²) in [5, 5.41) is 8.87. The number of carbonyl (C=O) groups is 2. The van der Waals surface area contributed by atoms with Crippen molar-refractivity contribution in [1.29, 1.82) is 0 Å². The first-order valence-corrected chi connectivity index (χ1v) is 11.7. The number of benzene rings is 1. The van der Waals surface area contributed by atoms with Gasteiger partial charge in [-0.1, -0.05) is 19.4 Å². The monoisotopic (exact) mass is 575 g/mol. The van der Waals surface area contributed by atoms with Crippen molar-refractivity contribution >= 4 is 28.4 Å². The van der Waals surface area contributed by atoms with E-state index in [0.29, 0.717) is 0 Å². The molecule has 1 heterocycles. The molecule has 0 saturated heterocycles. The maximum absolute atomic E-state index is 13.5. The lowest BCUT2D eigenvalue weighted by molar-refractivity contribution is -0.757. The smallest absolute Gasteiger partial charge is 0.475 e. The second kappa shape index (κ2) is 9.42. The molecular formula is C18H17F8NO9S. The van der Waals surface area contributed by atoms with E-state index in [9.17, 15) is 52.3 Å². The fraction of sp³-hybridized carbons (Fsp3) is 0.444. The lowest BCUT2D eigenvalue weighted by Gasteiger charge is -2.41. The Kier molecular flexibility index (Phi) is 7.56. The second-order valence-electron chi connectivity index (χ2n) is 7.37. The van der Waals surface area contributed by atoms with Gasteiger partial charge in [0.15, 0.2) is 0 Å². The van der Waals surface area contributed by atoms with Gasteiger partial charge in [-0.15, -0.1) is 10.1 Å². The molecule has 0 aliphatic carbocycles. The van der Waals surface area contributed by atoms with Gasteiger partial charge >= 0.3 is 28.5 Å². The third kappa shape index (κ3) is 8.25. The first kappa shape index (κ1) is 29.7. The van der Waals surface area contributed by atoms with Crippen LogP contribution in [0.15, 0.2) is 22.6 Å². The number of rotatable bonds is 9. The molecule has 1 aliphatic heterocycles. The zero-order chi connectivity index (χ0) is 28.5. The van der Waals surface area contributed by atoms with E-state index in [2.05, 4.69) is 23.8 Å². The molecule has 0 N–H and O–H groups in total. The molecule has 0 spiro atoms. The van der Waals surface area contributed by atoms with Crippen molar-refractivity contribution in [2.75, 3.05) is 13.2 Å². The van der Waals surface area contributed by atoms with E-state index in [4.69, 9.17) is 0 Å². The molecule has 0 fully saturated rings. The predicted molar refractivity (Wildman–Crippen MR) is 107 cm³/mol. The molecule has 1 aromatic carbocycles. The van der Waals surface area contributed by atoms with Crippen LogP contribution in [0.1, 0.15) is 24.5 Å². The van der Waals surface area contributed by atoms with E-state index in [-0.39, 0.29) is 24.6 Å². The number of ether oxygens (including phenoxy) is 4. The van der Waals surface area contributed by atoms with E-state index < -0.39 is 86.6 Å². The molecule has 19 heteroatoms. The lowest BCUT2D eigenvalue weighted by atomic mass is 9.99. The molecule has 2 atom stereocenters. The first-order valence-electron chi connectivity index (χ1n) is 9.74. The van der Waals surface area contributed by atoms with Gasteiger partial charge in [0.05, 0.1) is 18.8 Å². The van der Waals surface area contributed by atoms with Crippen molar-refractivity contribution in [2.45, 2.75) is 43.7 Å². The fourth-order valence-electron chi connectivity index (χ4n) is 2.86. The Bertz CT molecular complexity index is 1120. The van der Waals surface area contributed by atoms with Gasteiger partial charge in [-0.2, -0.15) is 13.2 Å². The van der Waals surface area contributed by atoms with Gasteiger partial charge in [0.1, 0.15) is 10.6 Å². The highest BCUT2D eigenvalue weighted by Gasteiger charge is 2.65. The Morgan fingerprint density at radius 1 is 1.14 bits per heavy atom. The molecule has 0 bridgehead atoms. The van der Waals surface area contributed by atoms with E-state index in [1.807, 2.05) is 0 Å². The van der Waals surface area contributed by atoms with Gasteiger partial charge in [0.25, 0.3) is 5.09 Å². The Balaban J connectivity index is 2.23. The minimum Gasteiger partial charge on any atom is -0.475 e.